The first kappa shape index (κ1) is 16.5. The molecule has 3 heteroatoms. The first-order valence-corrected chi connectivity index (χ1v) is 8.26. The number of rotatable bonds is 7. The monoisotopic (exact) mass is 290 g/mol. The maximum atomic E-state index is 10.1. The van der Waals surface area contributed by atoms with Gasteiger partial charge in [0, 0.05) is 19.1 Å². The molecule has 1 aliphatic rings. The van der Waals surface area contributed by atoms with Crippen molar-refractivity contribution in [2.24, 2.45) is 5.92 Å². The van der Waals surface area contributed by atoms with Crippen LogP contribution in [-0.2, 0) is 5.54 Å². The van der Waals surface area contributed by atoms with Crippen LogP contribution < -0.4 is 5.32 Å². The van der Waals surface area contributed by atoms with Crippen LogP contribution in [0.2, 0.25) is 0 Å². The van der Waals surface area contributed by atoms with E-state index < -0.39 is 0 Å². The summed E-state index contributed by atoms with van der Waals surface area (Å²) in [7, 11) is 0. The molecule has 0 radical (unpaired) electrons. The van der Waals surface area contributed by atoms with Crippen molar-refractivity contribution in [3.63, 3.8) is 0 Å². The summed E-state index contributed by atoms with van der Waals surface area (Å²) in [5, 5.41) is 13.6. The number of aliphatic hydroxyl groups excluding tert-OH is 1. The van der Waals surface area contributed by atoms with Crippen molar-refractivity contribution in [1.82, 2.24) is 10.2 Å². The Morgan fingerprint density at radius 2 is 2.00 bits per heavy atom. The summed E-state index contributed by atoms with van der Waals surface area (Å²) in [6, 6.07) is 11.0. The minimum Gasteiger partial charge on any atom is -0.394 e. The standard InChI is InChI=1S/C18H30N2O/c1-4-19-18(14-21,17-8-6-5-7-9-17)10-11-20-13-15(2)12-16(20)3/h5-9,15-16,19,21H,4,10-14H2,1-3H3. The van der Waals surface area contributed by atoms with Gasteiger partial charge in [-0.3, -0.25) is 0 Å². The van der Waals surface area contributed by atoms with Gasteiger partial charge in [-0.15, -0.1) is 0 Å². The van der Waals surface area contributed by atoms with Crippen LogP contribution in [0.15, 0.2) is 30.3 Å². The lowest BCUT2D eigenvalue weighted by molar-refractivity contribution is 0.131. The lowest BCUT2D eigenvalue weighted by atomic mass is 9.87. The van der Waals surface area contributed by atoms with Crippen molar-refractivity contribution in [3.8, 4) is 0 Å². The van der Waals surface area contributed by atoms with Crippen LogP contribution >= 0.6 is 0 Å². The molecule has 1 fully saturated rings. The van der Waals surface area contributed by atoms with Crippen molar-refractivity contribution in [1.29, 1.82) is 0 Å². The molecule has 1 aliphatic heterocycles. The Balaban J connectivity index is 2.10. The van der Waals surface area contributed by atoms with Crippen LogP contribution in [-0.4, -0.2) is 42.3 Å². The maximum Gasteiger partial charge on any atom is 0.0681 e. The fourth-order valence-corrected chi connectivity index (χ4v) is 3.69. The van der Waals surface area contributed by atoms with Gasteiger partial charge in [-0.1, -0.05) is 44.2 Å². The van der Waals surface area contributed by atoms with Crippen molar-refractivity contribution < 1.29 is 5.11 Å². The third-order valence-electron chi connectivity index (χ3n) is 4.85. The zero-order chi connectivity index (χ0) is 15.3. The highest BCUT2D eigenvalue weighted by molar-refractivity contribution is 5.25. The molecule has 21 heavy (non-hydrogen) atoms. The van der Waals surface area contributed by atoms with Gasteiger partial charge in [-0.25, -0.2) is 0 Å². The number of benzene rings is 1. The average molecular weight is 290 g/mol. The Kier molecular flexibility index (Phi) is 5.80. The van der Waals surface area contributed by atoms with Crippen LogP contribution in [0.4, 0.5) is 0 Å². The minimum atomic E-state index is -0.318. The largest absolute Gasteiger partial charge is 0.394 e. The van der Waals surface area contributed by atoms with Gasteiger partial charge in [0.1, 0.15) is 0 Å². The highest BCUT2D eigenvalue weighted by Crippen LogP contribution is 2.28. The Hall–Kier alpha value is -0.900. The molecule has 2 rings (SSSR count). The van der Waals surface area contributed by atoms with Crippen LogP contribution in [0.3, 0.4) is 0 Å². The third-order valence-corrected chi connectivity index (χ3v) is 4.85. The van der Waals surface area contributed by atoms with E-state index >= 15 is 0 Å². The highest BCUT2D eigenvalue weighted by Gasteiger charge is 2.33. The highest BCUT2D eigenvalue weighted by atomic mass is 16.3. The quantitative estimate of drug-likeness (QED) is 0.810. The van der Waals surface area contributed by atoms with E-state index in [-0.39, 0.29) is 12.1 Å². The van der Waals surface area contributed by atoms with Gasteiger partial charge in [-0.05, 0) is 37.8 Å². The molecule has 1 heterocycles. The van der Waals surface area contributed by atoms with Gasteiger partial charge >= 0.3 is 0 Å². The number of hydrogen-bond acceptors (Lipinski definition) is 3. The minimum absolute atomic E-state index is 0.141. The van der Waals surface area contributed by atoms with Crippen LogP contribution in [0.25, 0.3) is 0 Å². The second-order valence-corrected chi connectivity index (χ2v) is 6.57. The van der Waals surface area contributed by atoms with Gasteiger partial charge in [-0.2, -0.15) is 0 Å². The number of nitrogens with one attached hydrogen (secondary N) is 1. The van der Waals surface area contributed by atoms with Gasteiger partial charge in [0.25, 0.3) is 0 Å². The van der Waals surface area contributed by atoms with E-state index in [0.29, 0.717) is 6.04 Å². The van der Waals surface area contributed by atoms with E-state index in [1.807, 2.05) is 6.07 Å². The van der Waals surface area contributed by atoms with Gasteiger partial charge < -0.3 is 15.3 Å². The van der Waals surface area contributed by atoms with Gasteiger partial charge in [0.2, 0.25) is 0 Å². The first-order chi connectivity index (χ1) is 10.1. The molecule has 2 N–H and O–H groups in total. The number of hydrogen-bond donors (Lipinski definition) is 2. The molecular weight excluding hydrogens is 260 g/mol. The van der Waals surface area contributed by atoms with Gasteiger partial charge in [0.05, 0.1) is 12.1 Å². The van der Waals surface area contributed by atoms with Crippen molar-refractivity contribution in [2.45, 2.75) is 45.2 Å². The lowest BCUT2D eigenvalue weighted by Gasteiger charge is -2.36. The Bertz CT molecular complexity index is 422. The molecule has 3 nitrogen and oxygen atoms in total. The summed E-state index contributed by atoms with van der Waals surface area (Å²) in [5.74, 6) is 0.791. The number of aliphatic hydroxyl groups is 1. The summed E-state index contributed by atoms with van der Waals surface area (Å²) >= 11 is 0. The van der Waals surface area contributed by atoms with Gasteiger partial charge in [0.15, 0.2) is 0 Å². The SMILES string of the molecule is CCNC(CO)(CCN1CC(C)CC1C)c1ccccc1. The summed E-state index contributed by atoms with van der Waals surface area (Å²) in [6.45, 7) is 9.98. The number of nitrogens with zero attached hydrogens (tertiary/aromatic N) is 1. The third kappa shape index (κ3) is 3.85. The van der Waals surface area contributed by atoms with Crippen LogP contribution in [0.1, 0.15) is 39.2 Å². The molecule has 0 aromatic heterocycles. The van der Waals surface area contributed by atoms with E-state index in [1.54, 1.807) is 0 Å². The predicted molar refractivity (Wildman–Crippen MR) is 88.3 cm³/mol. The maximum absolute atomic E-state index is 10.1. The molecule has 3 atom stereocenters. The average Bonchev–Trinajstić information content (AvgIpc) is 2.82. The molecule has 0 saturated carbocycles. The zero-order valence-electron chi connectivity index (χ0n) is 13.7. The zero-order valence-corrected chi connectivity index (χ0v) is 13.7. The molecule has 3 unspecified atom stereocenters. The first-order valence-electron chi connectivity index (χ1n) is 8.26. The van der Waals surface area contributed by atoms with Crippen LogP contribution in [0.5, 0.6) is 0 Å². The summed E-state index contributed by atoms with van der Waals surface area (Å²) in [5.41, 5.74) is 0.871. The fraction of sp³-hybridized carbons (Fsp3) is 0.667. The fourth-order valence-electron chi connectivity index (χ4n) is 3.69. The Morgan fingerprint density at radius 3 is 2.52 bits per heavy atom. The van der Waals surface area contributed by atoms with E-state index in [0.717, 1.165) is 25.4 Å². The van der Waals surface area contributed by atoms with Crippen molar-refractivity contribution in [2.75, 3.05) is 26.2 Å². The second kappa shape index (κ2) is 7.39. The number of likely N-dealkylation sites (N-methyl/N-ethyl adjacent to an activating group) is 1. The van der Waals surface area contributed by atoms with E-state index in [4.69, 9.17) is 0 Å². The predicted octanol–water partition coefficient (Wildman–Crippen LogP) is 2.60. The van der Waals surface area contributed by atoms with Crippen molar-refractivity contribution in [3.05, 3.63) is 35.9 Å². The normalized spacial score (nSPS) is 25.9. The van der Waals surface area contributed by atoms with Crippen LogP contribution in [0, 0.1) is 5.92 Å². The van der Waals surface area contributed by atoms with Crippen molar-refractivity contribution >= 4 is 0 Å². The number of likely N-dealkylation sites (tertiary alicyclic amines) is 1. The Labute approximate surface area is 129 Å². The topological polar surface area (TPSA) is 35.5 Å². The Morgan fingerprint density at radius 1 is 1.29 bits per heavy atom. The molecule has 118 valence electrons. The summed E-state index contributed by atoms with van der Waals surface area (Å²) in [6.07, 6.45) is 2.23. The molecule has 0 spiro atoms. The van der Waals surface area contributed by atoms with E-state index in [2.05, 4.69) is 55.3 Å². The lowest BCUT2D eigenvalue weighted by Crippen LogP contribution is -2.48. The molecule has 1 saturated heterocycles. The smallest absolute Gasteiger partial charge is 0.0681 e. The second-order valence-electron chi connectivity index (χ2n) is 6.57. The summed E-state index contributed by atoms with van der Waals surface area (Å²) in [4.78, 5) is 2.56. The molecule has 0 bridgehead atoms. The summed E-state index contributed by atoms with van der Waals surface area (Å²) < 4.78 is 0. The molecular formula is C18H30N2O. The van der Waals surface area contributed by atoms with E-state index in [1.165, 1.54) is 18.5 Å². The molecule has 0 aliphatic carbocycles. The molecule has 0 amide bonds. The van der Waals surface area contributed by atoms with E-state index in [9.17, 15) is 5.11 Å². The molecule has 1 aromatic rings. The molecule has 1 aromatic carbocycles.